The van der Waals surface area contributed by atoms with Gasteiger partial charge >= 0.3 is 0 Å². The van der Waals surface area contributed by atoms with E-state index in [2.05, 4.69) is 26.3 Å². The number of para-hydroxylation sites is 1. The van der Waals surface area contributed by atoms with Gasteiger partial charge < -0.3 is 30.9 Å². The summed E-state index contributed by atoms with van der Waals surface area (Å²) in [5.41, 5.74) is 2.00. The number of aromatic nitrogens is 1. The Balaban J connectivity index is 1.57. The molecule has 4 rings (SSSR count). The first-order valence-electron chi connectivity index (χ1n) is 17.1. The zero-order chi connectivity index (χ0) is 36.0. The molecule has 3 atom stereocenters. The van der Waals surface area contributed by atoms with Gasteiger partial charge in [-0.25, -0.2) is 4.98 Å². The van der Waals surface area contributed by atoms with Crippen LogP contribution in [0.15, 0.2) is 60.0 Å². The number of carbonyl (C=O) groups excluding carboxylic acids is 5. The smallest absolute Gasteiger partial charge is 0.255 e. The SMILES string of the molecule is Cc1csc(CCCNC(=O)[C@@H]2CCC(=O)N[C@@H](Cc3ccccc3)C(=O)N(C)CC(=O)N[C@@H](CC(C)C)COc3ccccc3C(=O)N2)n1. The lowest BCUT2D eigenvalue weighted by molar-refractivity contribution is -0.138. The Hall–Kier alpha value is -4.78. The van der Waals surface area contributed by atoms with Crippen LogP contribution in [0.2, 0.25) is 0 Å². The lowest BCUT2D eigenvalue weighted by Gasteiger charge is -2.27. The number of thiazole rings is 1. The van der Waals surface area contributed by atoms with Gasteiger partial charge in [-0.3, -0.25) is 24.0 Å². The highest BCUT2D eigenvalue weighted by Crippen LogP contribution is 2.20. The molecule has 0 radical (unpaired) electrons. The number of hydrogen-bond donors (Lipinski definition) is 4. The summed E-state index contributed by atoms with van der Waals surface area (Å²) in [6.45, 7) is 6.20. The number of benzene rings is 2. The number of ether oxygens (including phenoxy) is 1. The third-order valence-electron chi connectivity index (χ3n) is 8.18. The van der Waals surface area contributed by atoms with Crippen molar-refractivity contribution in [3.8, 4) is 5.75 Å². The van der Waals surface area contributed by atoms with Gasteiger partial charge in [0.2, 0.25) is 23.6 Å². The number of likely N-dealkylation sites (N-methyl/N-ethyl adjacent to an activating group) is 1. The van der Waals surface area contributed by atoms with Gasteiger partial charge in [0.1, 0.15) is 24.4 Å². The molecular weight excluding hydrogens is 657 g/mol. The minimum atomic E-state index is -1.04. The van der Waals surface area contributed by atoms with E-state index >= 15 is 0 Å². The third kappa shape index (κ3) is 12.0. The van der Waals surface area contributed by atoms with Gasteiger partial charge in [-0.15, -0.1) is 11.3 Å². The van der Waals surface area contributed by atoms with Crippen LogP contribution < -0.4 is 26.0 Å². The molecule has 0 unspecified atom stereocenters. The second-order valence-electron chi connectivity index (χ2n) is 13.0. The Bertz CT molecular complexity index is 1610. The number of hydrogen-bond acceptors (Lipinski definition) is 8. The summed E-state index contributed by atoms with van der Waals surface area (Å²) in [4.78, 5) is 73.1. The molecular formula is C37H48N6O6S. The van der Waals surface area contributed by atoms with E-state index in [-0.39, 0.29) is 49.8 Å². The number of nitrogens with zero attached hydrogens (tertiary/aromatic N) is 2. The molecule has 0 bridgehead atoms. The van der Waals surface area contributed by atoms with Gasteiger partial charge in [-0.05, 0) is 49.8 Å². The first-order valence-corrected chi connectivity index (χ1v) is 18.0. The zero-order valence-electron chi connectivity index (χ0n) is 29.2. The molecule has 50 heavy (non-hydrogen) atoms. The van der Waals surface area contributed by atoms with Crippen LogP contribution in [0.4, 0.5) is 0 Å². The quantitative estimate of drug-likeness (QED) is 0.249. The second-order valence-corrected chi connectivity index (χ2v) is 14.0. The third-order valence-corrected chi connectivity index (χ3v) is 9.21. The van der Waals surface area contributed by atoms with Crippen LogP contribution in [-0.4, -0.2) is 84.3 Å². The highest BCUT2D eigenvalue weighted by Gasteiger charge is 2.29. The molecule has 2 heterocycles. The summed E-state index contributed by atoms with van der Waals surface area (Å²) in [6.07, 6.45) is 1.99. The molecule has 5 amide bonds. The predicted octanol–water partition coefficient (Wildman–Crippen LogP) is 3.19. The van der Waals surface area contributed by atoms with E-state index in [4.69, 9.17) is 4.74 Å². The van der Waals surface area contributed by atoms with E-state index in [9.17, 15) is 24.0 Å². The maximum absolute atomic E-state index is 13.7. The van der Waals surface area contributed by atoms with Crippen molar-refractivity contribution in [3.05, 3.63) is 81.8 Å². The molecule has 12 nitrogen and oxygen atoms in total. The molecule has 0 fully saturated rings. The average Bonchev–Trinajstić information content (AvgIpc) is 3.51. The first-order chi connectivity index (χ1) is 24.0. The minimum Gasteiger partial charge on any atom is -0.491 e. The fourth-order valence-corrected chi connectivity index (χ4v) is 6.55. The summed E-state index contributed by atoms with van der Waals surface area (Å²) in [5.74, 6) is -1.72. The van der Waals surface area contributed by atoms with Crippen molar-refractivity contribution in [1.82, 2.24) is 31.2 Å². The van der Waals surface area contributed by atoms with Crippen molar-refractivity contribution in [2.45, 2.75) is 77.4 Å². The maximum atomic E-state index is 13.7. The van der Waals surface area contributed by atoms with Crippen molar-refractivity contribution in [1.29, 1.82) is 0 Å². The summed E-state index contributed by atoms with van der Waals surface area (Å²) >= 11 is 1.57. The summed E-state index contributed by atoms with van der Waals surface area (Å²) < 4.78 is 6.11. The molecule has 1 aromatic heterocycles. The molecule has 0 saturated heterocycles. The van der Waals surface area contributed by atoms with Gasteiger partial charge in [-0.1, -0.05) is 56.3 Å². The zero-order valence-corrected chi connectivity index (χ0v) is 30.0. The van der Waals surface area contributed by atoms with Gasteiger partial charge in [0, 0.05) is 43.9 Å². The normalized spacial score (nSPS) is 19.7. The number of fused-ring (bicyclic) bond motifs is 1. The highest BCUT2D eigenvalue weighted by atomic mass is 32.1. The lowest BCUT2D eigenvalue weighted by Crippen LogP contribution is -2.52. The van der Waals surface area contributed by atoms with E-state index in [1.165, 1.54) is 11.9 Å². The van der Waals surface area contributed by atoms with Crippen LogP contribution in [0.3, 0.4) is 0 Å². The van der Waals surface area contributed by atoms with Crippen molar-refractivity contribution in [3.63, 3.8) is 0 Å². The largest absolute Gasteiger partial charge is 0.491 e. The van der Waals surface area contributed by atoms with Crippen LogP contribution in [0, 0.1) is 12.8 Å². The lowest BCUT2D eigenvalue weighted by atomic mass is 10.0. The monoisotopic (exact) mass is 704 g/mol. The standard InChI is InChI=1S/C37H48N6O6S/c1-24(2)19-27-22-49-31-14-9-8-13-28(31)35(46)42-29(36(47)38-18-10-15-34-39-25(3)23-50-34)16-17-32(44)41-30(20-26-11-6-5-7-12-26)37(48)43(4)21-33(45)40-27/h5-9,11-14,23-24,27,29-30H,10,15-22H2,1-4H3,(H,38,47)(H,40,45)(H,41,44)(H,42,46)/t27-,29-,30-/m0/s1. The fraction of sp³-hybridized carbons (Fsp3) is 0.459. The van der Waals surface area contributed by atoms with E-state index in [1.54, 1.807) is 35.6 Å². The van der Waals surface area contributed by atoms with Crippen molar-refractivity contribution in [2.75, 3.05) is 26.7 Å². The molecule has 2 aromatic carbocycles. The van der Waals surface area contributed by atoms with Crippen LogP contribution in [0.5, 0.6) is 5.75 Å². The van der Waals surface area contributed by atoms with E-state index < -0.39 is 41.8 Å². The number of aryl methyl sites for hydroxylation is 2. The minimum absolute atomic E-state index is 0.0148. The summed E-state index contributed by atoms with van der Waals surface area (Å²) in [7, 11) is 1.53. The van der Waals surface area contributed by atoms with Gasteiger partial charge in [-0.2, -0.15) is 0 Å². The van der Waals surface area contributed by atoms with E-state index in [0.29, 0.717) is 31.6 Å². The van der Waals surface area contributed by atoms with Crippen molar-refractivity contribution < 1.29 is 28.7 Å². The van der Waals surface area contributed by atoms with Crippen molar-refractivity contribution >= 4 is 40.9 Å². The summed E-state index contributed by atoms with van der Waals surface area (Å²) in [5, 5.41) is 14.5. The molecule has 0 saturated carbocycles. The molecule has 1 aliphatic heterocycles. The molecule has 13 heteroatoms. The second kappa shape index (κ2) is 18.8. The highest BCUT2D eigenvalue weighted by molar-refractivity contribution is 7.09. The van der Waals surface area contributed by atoms with Crippen LogP contribution in [0.25, 0.3) is 0 Å². The average molecular weight is 705 g/mol. The number of amides is 5. The number of rotatable bonds is 9. The Morgan fingerprint density at radius 3 is 2.48 bits per heavy atom. The van der Waals surface area contributed by atoms with Gasteiger partial charge in [0.05, 0.1) is 23.2 Å². The summed E-state index contributed by atoms with van der Waals surface area (Å²) in [6, 6.07) is 13.6. The Morgan fingerprint density at radius 2 is 1.76 bits per heavy atom. The molecule has 1 aliphatic rings. The predicted molar refractivity (Wildman–Crippen MR) is 192 cm³/mol. The van der Waals surface area contributed by atoms with Crippen molar-refractivity contribution in [2.24, 2.45) is 5.92 Å². The first kappa shape index (κ1) is 38.0. The Kier molecular flexibility index (Phi) is 14.3. The van der Waals surface area contributed by atoms with Gasteiger partial charge in [0.25, 0.3) is 5.91 Å². The maximum Gasteiger partial charge on any atom is 0.255 e. The van der Waals surface area contributed by atoms with Crippen LogP contribution in [-0.2, 0) is 32.0 Å². The molecule has 0 spiro atoms. The topological polar surface area (TPSA) is 159 Å². The number of nitrogens with one attached hydrogen (secondary N) is 4. The van der Waals surface area contributed by atoms with E-state index in [1.807, 2.05) is 56.5 Å². The van der Waals surface area contributed by atoms with E-state index in [0.717, 1.165) is 16.3 Å². The Morgan fingerprint density at radius 1 is 1.02 bits per heavy atom. The number of carbonyl (C=O) groups is 5. The Labute approximate surface area is 297 Å². The fourth-order valence-electron chi connectivity index (χ4n) is 5.73. The molecule has 3 aromatic rings. The van der Waals surface area contributed by atoms with Crippen LogP contribution in [0.1, 0.15) is 66.2 Å². The van der Waals surface area contributed by atoms with Gasteiger partial charge in [0.15, 0.2) is 0 Å². The molecule has 4 N–H and O–H groups in total. The van der Waals surface area contributed by atoms with Crippen LogP contribution >= 0.6 is 11.3 Å². The molecule has 0 aliphatic carbocycles. The molecule has 268 valence electrons.